The van der Waals surface area contributed by atoms with Gasteiger partial charge < -0.3 is 15.2 Å². The molecule has 2 N–H and O–H groups in total. The minimum absolute atomic E-state index is 0.262. The molecule has 0 aromatic heterocycles. The van der Waals surface area contributed by atoms with Gasteiger partial charge in [0.2, 0.25) is 0 Å². The zero-order valence-corrected chi connectivity index (χ0v) is 13.4. The van der Waals surface area contributed by atoms with E-state index >= 15 is 0 Å². The molecular weight excluding hydrogens is 306 g/mol. The van der Waals surface area contributed by atoms with Crippen molar-refractivity contribution in [2.75, 3.05) is 13.2 Å². The average molecular weight is 330 g/mol. The van der Waals surface area contributed by atoms with Gasteiger partial charge >= 0.3 is 0 Å². The van der Waals surface area contributed by atoms with Gasteiger partial charge in [0.05, 0.1) is 11.1 Å². The van der Waals surface area contributed by atoms with Crippen LogP contribution in [0.5, 0.6) is 5.75 Å². The van der Waals surface area contributed by atoms with E-state index < -0.39 is 0 Å². The predicted octanol–water partition coefficient (Wildman–Crippen LogP) is 3.49. The summed E-state index contributed by atoms with van der Waals surface area (Å²) in [6.45, 7) is 6.03. The zero-order chi connectivity index (χ0) is 14.1. The molecule has 0 aliphatic heterocycles. The Morgan fingerprint density at radius 2 is 2.05 bits per heavy atom. The fourth-order valence-electron chi connectivity index (χ4n) is 1.73. The van der Waals surface area contributed by atoms with Crippen molar-refractivity contribution in [3.05, 3.63) is 28.2 Å². The molecule has 0 bridgehead atoms. The monoisotopic (exact) mass is 329 g/mol. The summed E-state index contributed by atoms with van der Waals surface area (Å²) in [7, 11) is 0. The molecule has 0 unspecified atom stereocenters. The van der Waals surface area contributed by atoms with E-state index in [4.69, 9.17) is 9.84 Å². The molecule has 1 aromatic rings. The van der Waals surface area contributed by atoms with Crippen molar-refractivity contribution in [2.45, 2.75) is 45.7 Å². The summed E-state index contributed by atoms with van der Waals surface area (Å²) in [5, 5.41) is 12.1. The number of hydrogen-bond donors (Lipinski definition) is 2. The molecule has 0 saturated heterocycles. The van der Waals surface area contributed by atoms with Crippen LogP contribution in [-0.2, 0) is 6.54 Å². The van der Waals surface area contributed by atoms with Crippen LogP contribution in [0.3, 0.4) is 0 Å². The van der Waals surface area contributed by atoms with Gasteiger partial charge in [-0.15, -0.1) is 0 Å². The zero-order valence-electron chi connectivity index (χ0n) is 11.8. The predicted molar refractivity (Wildman–Crippen MR) is 82.5 cm³/mol. The topological polar surface area (TPSA) is 41.5 Å². The minimum atomic E-state index is 0.262. The number of hydrogen-bond acceptors (Lipinski definition) is 3. The third kappa shape index (κ3) is 6.41. The Hall–Kier alpha value is -0.580. The lowest BCUT2D eigenvalue weighted by atomic mass is 10.2. The molecule has 3 nitrogen and oxygen atoms in total. The van der Waals surface area contributed by atoms with Gasteiger partial charge in [-0.3, -0.25) is 0 Å². The second kappa shape index (κ2) is 9.34. The van der Waals surface area contributed by atoms with Crippen molar-refractivity contribution in [1.82, 2.24) is 5.32 Å². The maximum atomic E-state index is 8.74. The van der Waals surface area contributed by atoms with Crippen LogP contribution in [0.1, 0.15) is 38.7 Å². The molecule has 19 heavy (non-hydrogen) atoms. The normalized spacial score (nSPS) is 11.0. The molecule has 0 saturated carbocycles. The van der Waals surface area contributed by atoms with E-state index in [1.807, 2.05) is 12.1 Å². The van der Waals surface area contributed by atoms with Crippen molar-refractivity contribution in [3.63, 3.8) is 0 Å². The molecule has 0 aliphatic carbocycles. The van der Waals surface area contributed by atoms with E-state index in [0.29, 0.717) is 12.6 Å². The maximum Gasteiger partial charge on any atom is 0.137 e. The number of ether oxygens (including phenoxy) is 1. The molecule has 0 heterocycles. The van der Waals surface area contributed by atoms with E-state index in [1.165, 1.54) is 5.56 Å². The Labute approximate surface area is 124 Å². The van der Waals surface area contributed by atoms with Crippen LogP contribution in [0.4, 0.5) is 0 Å². The molecule has 0 aliphatic rings. The molecule has 1 aromatic carbocycles. The van der Waals surface area contributed by atoms with Crippen LogP contribution < -0.4 is 10.1 Å². The second-order valence-electron chi connectivity index (χ2n) is 4.90. The maximum absolute atomic E-state index is 8.74. The summed E-state index contributed by atoms with van der Waals surface area (Å²) in [4.78, 5) is 0. The van der Waals surface area contributed by atoms with Crippen molar-refractivity contribution >= 4 is 15.9 Å². The SMILES string of the molecule is CC(C)NCc1cccc(Br)c1OCCCCCO. The average Bonchev–Trinajstić information content (AvgIpc) is 2.38. The summed E-state index contributed by atoms with van der Waals surface area (Å²) >= 11 is 3.54. The van der Waals surface area contributed by atoms with Gasteiger partial charge in [0.25, 0.3) is 0 Å². The van der Waals surface area contributed by atoms with E-state index in [-0.39, 0.29) is 6.61 Å². The Kier molecular flexibility index (Phi) is 8.10. The van der Waals surface area contributed by atoms with Crippen molar-refractivity contribution in [3.8, 4) is 5.75 Å². The second-order valence-corrected chi connectivity index (χ2v) is 5.75. The number of nitrogens with one attached hydrogen (secondary N) is 1. The lowest BCUT2D eigenvalue weighted by Gasteiger charge is -2.15. The van der Waals surface area contributed by atoms with Crippen LogP contribution in [-0.4, -0.2) is 24.4 Å². The van der Waals surface area contributed by atoms with Crippen LogP contribution in [0, 0.1) is 0 Å². The van der Waals surface area contributed by atoms with Crippen LogP contribution in [0.25, 0.3) is 0 Å². The van der Waals surface area contributed by atoms with E-state index in [0.717, 1.165) is 36.0 Å². The molecule has 0 spiro atoms. The Morgan fingerprint density at radius 3 is 2.74 bits per heavy atom. The van der Waals surface area contributed by atoms with Gasteiger partial charge in [0.15, 0.2) is 0 Å². The minimum Gasteiger partial charge on any atom is -0.492 e. The number of rotatable bonds is 9. The van der Waals surface area contributed by atoms with Crippen LogP contribution in [0.2, 0.25) is 0 Å². The molecule has 0 atom stereocenters. The Balaban J connectivity index is 2.54. The highest BCUT2D eigenvalue weighted by molar-refractivity contribution is 9.10. The summed E-state index contributed by atoms with van der Waals surface area (Å²) in [5.41, 5.74) is 1.17. The van der Waals surface area contributed by atoms with Gasteiger partial charge in [-0.2, -0.15) is 0 Å². The van der Waals surface area contributed by atoms with Gasteiger partial charge in [-0.1, -0.05) is 26.0 Å². The van der Waals surface area contributed by atoms with E-state index in [1.54, 1.807) is 0 Å². The van der Waals surface area contributed by atoms with Crippen LogP contribution >= 0.6 is 15.9 Å². The van der Waals surface area contributed by atoms with E-state index in [9.17, 15) is 0 Å². The lowest BCUT2D eigenvalue weighted by molar-refractivity contribution is 0.264. The van der Waals surface area contributed by atoms with Gasteiger partial charge in [0.1, 0.15) is 5.75 Å². The number of para-hydroxylation sites is 1. The summed E-state index contributed by atoms with van der Waals surface area (Å²) in [5.74, 6) is 0.930. The molecule has 1 rings (SSSR count). The number of aliphatic hydroxyl groups is 1. The summed E-state index contributed by atoms with van der Waals surface area (Å²) in [6, 6.07) is 6.57. The largest absolute Gasteiger partial charge is 0.492 e. The molecule has 0 amide bonds. The number of benzene rings is 1. The number of aliphatic hydroxyl groups excluding tert-OH is 1. The highest BCUT2D eigenvalue weighted by Gasteiger charge is 2.08. The highest BCUT2D eigenvalue weighted by Crippen LogP contribution is 2.29. The first-order valence-electron chi connectivity index (χ1n) is 6.89. The molecule has 0 fully saturated rings. The first-order valence-corrected chi connectivity index (χ1v) is 7.69. The molecule has 0 radical (unpaired) electrons. The van der Waals surface area contributed by atoms with Crippen LogP contribution in [0.15, 0.2) is 22.7 Å². The smallest absolute Gasteiger partial charge is 0.137 e. The third-order valence-electron chi connectivity index (χ3n) is 2.80. The van der Waals surface area contributed by atoms with E-state index in [2.05, 4.69) is 41.2 Å². The quantitative estimate of drug-likeness (QED) is 0.681. The molecule has 4 heteroatoms. The summed E-state index contributed by atoms with van der Waals surface area (Å²) < 4.78 is 6.88. The Morgan fingerprint density at radius 1 is 1.26 bits per heavy atom. The number of halogens is 1. The highest BCUT2D eigenvalue weighted by atomic mass is 79.9. The first-order chi connectivity index (χ1) is 9.15. The van der Waals surface area contributed by atoms with Gasteiger partial charge in [-0.05, 0) is 41.3 Å². The third-order valence-corrected chi connectivity index (χ3v) is 3.42. The Bertz CT molecular complexity index is 369. The van der Waals surface area contributed by atoms with Crippen molar-refractivity contribution < 1.29 is 9.84 Å². The fourth-order valence-corrected chi connectivity index (χ4v) is 2.26. The van der Waals surface area contributed by atoms with Gasteiger partial charge in [0, 0.05) is 24.8 Å². The molecular formula is C15H24BrNO2. The van der Waals surface area contributed by atoms with Gasteiger partial charge in [-0.25, -0.2) is 0 Å². The standard InChI is InChI=1S/C15H24BrNO2/c1-12(2)17-11-13-7-6-8-14(16)15(13)19-10-5-3-4-9-18/h6-8,12,17-18H,3-5,9-11H2,1-2H3. The number of unbranched alkanes of at least 4 members (excludes halogenated alkanes) is 2. The molecule has 108 valence electrons. The lowest BCUT2D eigenvalue weighted by Crippen LogP contribution is -2.22. The van der Waals surface area contributed by atoms with Crippen molar-refractivity contribution in [2.24, 2.45) is 0 Å². The summed E-state index contributed by atoms with van der Waals surface area (Å²) in [6.07, 6.45) is 2.82. The first kappa shape index (κ1) is 16.5. The van der Waals surface area contributed by atoms with Crippen molar-refractivity contribution in [1.29, 1.82) is 0 Å². The fraction of sp³-hybridized carbons (Fsp3) is 0.600.